The maximum absolute atomic E-state index is 5.69. The molecule has 24 heavy (non-hydrogen) atoms. The van der Waals surface area contributed by atoms with Crippen molar-refractivity contribution in [2.75, 3.05) is 12.4 Å². The summed E-state index contributed by atoms with van der Waals surface area (Å²) in [5.41, 5.74) is 5.09. The number of rotatable bonds is 6. The molecule has 0 atom stereocenters. The first-order valence-corrected chi connectivity index (χ1v) is 9.28. The molecule has 0 heterocycles. The number of hydrogen-bond donors (Lipinski definition) is 0. The summed E-state index contributed by atoms with van der Waals surface area (Å²) in [7, 11) is 1.75. The van der Waals surface area contributed by atoms with Crippen LogP contribution in [0.25, 0.3) is 0 Å². The summed E-state index contributed by atoms with van der Waals surface area (Å²) < 4.78 is 5.69. The van der Waals surface area contributed by atoms with Gasteiger partial charge in [-0.05, 0) is 29.2 Å². The molecule has 0 fully saturated rings. The number of benzene rings is 3. The number of ether oxygens (including phenoxy) is 1. The highest BCUT2D eigenvalue weighted by atomic mass is 79.9. The molecule has 122 valence electrons. The van der Waals surface area contributed by atoms with Gasteiger partial charge in [-0.15, -0.1) is 0 Å². The zero-order valence-electron chi connectivity index (χ0n) is 13.8. The molecule has 0 aliphatic heterocycles. The molecule has 0 amide bonds. The summed E-state index contributed by atoms with van der Waals surface area (Å²) in [6, 6.07) is 27.8. The summed E-state index contributed by atoms with van der Waals surface area (Å²) in [4.78, 5) is 0. The van der Waals surface area contributed by atoms with Gasteiger partial charge < -0.3 is 4.74 Å². The summed E-state index contributed by atoms with van der Waals surface area (Å²) in [6.45, 7) is 0. The topological polar surface area (TPSA) is 9.23 Å². The third-order valence-corrected chi connectivity index (χ3v) is 4.65. The lowest BCUT2D eigenvalue weighted by molar-refractivity contribution is 0.409. The summed E-state index contributed by atoms with van der Waals surface area (Å²) in [5.74, 6) is 1.10. The van der Waals surface area contributed by atoms with E-state index in [1.165, 1.54) is 22.3 Å². The fraction of sp³-hybridized carbons (Fsp3) is 0.182. The van der Waals surface area contributed by atoms with Crippen LogP contribution in [0.2, 0.25) is 0 Å². The molecule has 2 heteroatoms. The molecule has 0 N–H and O–H groups in total. The van der Waals surface area contributed by atoms with Gasteiger partial charge in [-0.3, -0.25) is 0 Å². The molecule has 0 aromatic heterocycles. The standard InChI is InChI=1S/C22H21BrO/c1-24-21-13-12-17(14-15-23)16-20(21)22(18-8-4-2-5-9-18)19-10-6-3-7-11-19/h2-13,16,22H,14-15H2,1H3. The molecule has 1 nitrogen and oxygen atoms in total. The zero-order chi connectivity index (χ0) is 16.8. The fourth-order valence-corrected chi connectivity index (χ4v) is 3.57. The molecule has 0 spiro atoms. The molecule has 0 unspecified atom stereocenters. The SMILES string of the molecule is COc1ccc(CCBr)cc1C(c1ccccc1)c1ccccc1. The molecule has 0 saturated heterocycles. The smallest absolute Gasteiger partial charge is 0.123 e. The number of aryl methyl sites for hydroxylation is 1. The molecule has 3 aromatic rings. The van der Waals surface area contributed by atoms with Gasteiger partial charge in [0.2, 0.25) is 0 Å². The maximum Gasteiger partial charge on any atom is 0.123 e. The van der Waals surface area contributed by atoms with Gasteiger partial charge in [-0.1, -0.05) is 88.7 Å². The minimum atomic E-state index is 0.164. The van der Waals surface area contributed by atoms with E-state index in [0.29, 0.717) is 0 Å². The molecule has 0 aliphatic rings. The zero-order valence-corrected chi connectivity index (χ0v) is 15.4. The van der Waals surface area contributed by atoms with Crippen LogP contribution >= 0.6 is 15.9 Å². The van der Waals surface area contributed by atoms with Gasteiger partial charge in [0.05, 0.1) is 7.11 Å². The van der Waals surface area contributed by atoms with Crippen LogP contribution in [0.15, 0.2) is 78.9 Å². The first kappa shape index (κ1) is 16.8. The van der Waals surface area contributed by atoms with Crippen LogP contribution in [0.5, 0.6) is 5.75 Å². The van der Waals surface area contributed by atoms with E-state index in [9.17, 15) is 0 Å². The van der Waals surface area contributed by atoms with Gasteiger partial charge in [-0.2, -0.15) is 0 Å². The third kappa shape index (κ3) is 3.70. The number of methoxy groups -OCH3 is 1. The Labute approximate surface area is 152 Å². The Morgan fingerprint density at radius 3 is 1.92 bits per heavy atom. The second-order valence-corrected chi connectivity index (χ2v) is 6.56. The molecule has 3 rings (SSSR count). The molecule has 0 bridgehead atoms. The van der Waals surface area contributed by atoms with Crippen LogP contribution in [0.1, 0.15) is 28.2 Å². The summed E-state index contributed by atoms with van der Waals surface area (Å²) >= 11 is 3.54. The highest BCUT2D eigenvalue weighted by Gasteiger charge is 2.20. The fourth-order valence-electron chi connectivity index (χ4n) is 3.12. The van der Waals surface area contributed by atoms with E-state index in [0.717, 1.165) is 17.5 Å². The van der Waals surface area contributed by atoms with Crippen LogP contribution in [0.3, 0.4) is 0 Å². The summed E-state index contributed by atoms with van der Waals surface area (Å²) in [5, 5.41) is 0.958. The van der Waals surface area contributed by atoms with E-state index in [1.54, 1.807) is 7.11 Å². The van der Waals surface area contributed by atoms with Crippen molar-refractivity contribution in [3.63, 3.8) is 0 Å². The second kappa shape index (κ2) is 8.16. The molecular weight excluding hydrogens is 360 g/mol. The van der Waals surface area contributed by atoms with Crippen LogP contribution in [0, 0.1) is 0 Å². The van der Waals surface area contributed by atoms with Crippen LogP contribution < -0.4 is 4.74 Å². The highest BCUT2D eigenvalue weighted by molar-refractivity contribution is 9.09. The monoisotopic (exact) mass is 380 g/mol. The van der Waals surface area contributed by atoms with E-state index < -0.39 is 0 Å². The third-order valence-electron chi connectivity index (χ3n) is 4.25. The van der Waals surface area contributed by atoms with E-state index in [2.05, 4.69) is 94.8 Å². The largest absolute Gasteiger partial charge is 0.496 e. The lowest BCUT2D eigenvalue weighted by atomic mass is 9.84. The van der Waals surface area contributed by atoms with Gasteiger partial charge >= 0.3 is 0 Å². The average molecular weight is 381 g/mol. The Morgan fingerprint density at radius 2 is 1.42 bits per heavy atom. The number of alkyl halides is 1. The molecular formula is C22H21BrO. The predicted molar refractivity (Wildman–Crippen MR) is 104 cm³/mol. The van der Waals surface area contributed by atoms with Gasteiger partial charge in [0.25, 0.3) is 0 Å². The first-order chi connectivity index (χ1) is 11.8. The van der Waals surface area contributed by atoms with Crippen LogP contribution in [0.4, 0.5) is 0 Å². The van der Waals surface area contributed by atoms with Crippen molar-refractivity contribution in [3.05, 3.63) is 101 Å². The van der Waals surface area contributed by atoms with Crippen molar-refractivity contribution < 1.29 is 4.74 Å². The number of hydrogen-bond acceptors (Lipinski definition) is 1. The Morgan fingerprint density at radius 1 is 0.833 bits per heavy atom. The van der Waals surface area contributed by atoms with Crippen LogP contribution in [-0.4, -0.2) is 12.4 Å². The Bertz CT molecular complexity index is 729. The first-order valence-electron chi connectivity index (χ1n) is 8.16. The lowest BCUT2D eigenvalue weighted by Gasteiger charge is -2.22. The Hall–Kier alpha value is -2.06. The minimum absolute atomic E-state index is 0.164. The lowest BCUT2D eigenvalue weighted by Crippen LogP contribution is -2.06. The van der Waals surface area contributed by atoms with E-state index in [4.69, 9.17) is 4.74 Å². The van der Waals surface area contributed by atoms with Crippen molar-refractivity contribution in [2.45, 2.75) is 12.3 Å². The van der Waals surface area contributed by atoms with Crippen molar-refractivity contribution in [2.24, 2.45) is 0 Å². The van der Waals surface area contributed by atoms with Crippen molar-refractivity contribution >= 4 is 15.9 Å². The molecule has 3 aromatic carbocycles. The average Bonchev–Trinajstić information content (AvgIpc) is 2.64. The van der Waals surface area contributed by atoms with E-state index in [1.807, 2.05) is 0 Å². The molecule has 0 saturated carbocycles. The van der Waals surface area contributed by atoms with E-state index in [-0.39, 0.29) is 5.92 Å². The summed E-state index contributed by atoms with van der Waals surface area (Å²) in [6.07, 6.45) is 1.01. The van der Waals surface area contributed by atoms with Crippen molar-refractivity contribution in [1.29, 1.82) is 0 Å². The number of halogens is 1. The van der Waals surface area contributed by atoms with Gasteiger partial charge in [0.1, 0.15) is 5.75 Å². The van der Waals surface area contributed by atoms with Crippen LogP contribution in [-0.2, 0) is 6.42 Å². The second-order valence-electron chi connectivity index (χ2n) is 5.77. The van der Waals surface area contributed by atoms with Gasteiger partial charge in [0.15, 0.2) is 0 Å². The predicted octanol–water partition coefficient (Wildman–Crippen LogP) is 5.81. The quantitative estimate of drug-likeness (QED) is 0.387. The Kier molecular flexibility index (Phi) is 5.71. The minimum Gasteiger partial charge on any atom is -0.496 e. The highest BCUT2D eigenvalue weighted by Crippen LogP contribution is 2.37. The Balaban J connectivity index is 2.17. The normalized spacial score (nSPS) is 10.8. The molecule has 0 radical (unpaired) electrons. The van der Waals surface area contributed by atoms with Crippen molar-refractivity contribution in [3.8, 4) is 5.75 Å². The van der Waals surface area contributed by atoms with Crippen molar-refractivity contribution in [1.82, 2.24) is 0 Å². The molecule has 0 aliphatic carbocycles. The maximum atomic E-state index is 5.69. The van der Waals surface area contributed by atoms with E-state index >= 15 is 0 Å². The van der Waals surface area contributed by atoms with Gasteiger partial charge in [-0.25, -0.2) is 0 Å². The van der Waals surface area contributed by atoms with Gasteiger partial charge in [0, 0.05) is 16.8 Å².